The van der Waals surface area contributed by atoms with E-state index in [1.54, 1.807) is 12.1 Å². The van der Waals surface area contributed by atoms with Gasteiger partial charge >= 0.3 is 0 Å². The van der Waals surface area contributed by atoms with Crippen molar-refractivity contribution in [2.24, 2.45) is 0 Å². The highest BCUT2D eigenvalue weighted by molar-refractivity contribution is 5.77. The Labute approximate surface area is 143 Å². The first kappa shape index (κ1) is 14.2. The van der Waals surface area contributed by atoms with Gasteiger partial charge in [0.25, 0.3) is 0 Å². The summed E-state index contributed by atoms with van der Waals surface area (Å²) in [7, 11) is 0. The van der Waals surface area contributed by atoms with E-state index in [1.165, 1.54) is 12.1 Å². The van der Waals surface area contributed by atoms with E-state index in [9.17, 15) is 4.39 Å². The van der Waals surface area contributed by atoms with Crippen LogP contribution >= 0.6 is 0 Å². The topological polar surface area (TPSA) is 58.0 Å². The van der Waals surface area contributed by atoms with Gasteiger partial charge in [0, 0.05) is 17.7 Å². The second-order valence-electron chi connectivity index (χ2n) is 6.19. The summed E-state index contributed by atoms with van der Waals surface area (Å²) >= 11 is 0. The molecule has 0 unspecified atom stereocenters. The SMILES string of the molecule is Fc1ccc(-c2onc3c2CCN(c2nc4ccccc4[nH]2)C3)cc1. The molecule has 1 aliphatic heterocycles. The van der Waals surface area contributed by atoms with Crippen LogP contribution in [0.15, 0.2) is 53.1 Å². The zero-order valence-electron chi connectivity index (χ0n) is 13.4. The van der Waals surface area contributed by atoms with Gasteiger partial charge in [-0.2, -0.15) is 0 Å². The maximum absolute atomic E-state index is 13.1. The summed E-state index contributed by atoms with van der Waals surface area (Å²) in [5, 5.41) is 4.23. The molecule has 0 radical (unpaired) electrons. The molecule has 0 spiro atoms. The average Bonchev–Trinajstić information content (AvgIpc) is 3.26. The van der Waals surface area contributed by atoms with Crippen LogP contribution in [0.2, 0.25) is 0 Å². The number of anilines is 1. The second-order valence-corrected chi connectivity index (χ2v) is 6.19. The Hall–Kier alpha value is -3.15. The maximum atomic E-state index is 13.1. The number of aromatic amines is 1. The standard InChI is InChI=1S/C19H15FN4O/c20-13-7-5-12(6-8-13)18-14-9-10-24(11-17(14)23-25-18)19-21-15-3-1-2-4-16(15)22-19/h1-8H,9-11H2,(H,21,22). The number of imidazole rings is 1. The van der Waals surface area contributed by atoms with E-state index in [4.69, 9.17) is 4.52 Å². The minimum atomic E-state index is -0.256. The van der Waals surface area contributed by atoms with E-state index in [0.717, 1.165) is 52.5 Å². The third kappa shape index (κ3) is 2.38. The number of hydrogen-bond donors (Lipinski definition) is 1. The van der Waals surface area contributed by atoms with E-state index < -0.39 is 0 Å². The van der Waals surface area contributed by atoms with Crippen LogP contribution in [0.3, 0.4) is 0 Å². The summed E-state index contributed by atoms with van der Waals surface area (Å²) in [5.74, 6) is 1.32. The fraction of sp³-hybridized carbons (Fsp3) is 0.158. The number of benzene rings is 2. The molecule has 0 aliphatic carbocycles. The number of aromatic nitrogens is 3. The lowest BCUT2D eigenvalue weighted by molar-refractivity contribution is 0.423. The lowest BCUT2D eigenvalue weighted by atomic mass is 10.0. The van der Waals surface area contributed by atoms with E-state index in [0.29, 0.717) is 6.54 Å². The van der Waals surface area contributed by atoms with E-state index in [2.05, 4.69) is 20.0 Å². The molecule has 5 rings (SSSR count). The normalized spacial score (nSPS) is 14.0. The van der Waals surface area contributed by atoms with Gasteiger partial charge in [-0.3, -0.25) is 0 Å². The molecule has 6 heteroatoms. The zero-order chi connectivity index (χ0) is 16.8. The van der Waals surface area contributed by atoms with Crippen molar-refractivity contribution in [2.75, 3.05) is 11.4 Å². The van der Waals surface area contributed by atoms with Crippen molar-refractivity contribution >= 4 is 17.0 Å². The van der Waals surface area contributed by atoms with Crippen LogP contribution in [0.1, 0.15) is 11.3 Å². The third-order valence-corrected chi connectivity index (χ3v) is 4.62. The monoisotopic (exact) mass is 334 g/mol. The minimum absolute atomic E-state index is 0.256. The quantitative estimate of drug-likeness (QED) is 0.604. The van der Waals surface area contributed by atoms with Crippen molar-refractivity contribution in [3.63, 3.8) is 0 Å². The molecular formula is C19H15FN4O. The molecule has 2 aromatic heterocycles. The Morgan fingerprint density at radius 1 is 1.08 bits per heavy atom. The Balaban J connectivity index is 1.46. The first-order valence-corrected chi connectivity index (χ1v) is 8.21. The summed E-state index contributed by atoms with van der Waals surface area (Å²) < 4.78 is 18.7. The summed E-state index contributed by atoms with van der Waals surface area (Å²) in [6.07, 6.45) is 0.808. The molecule has 0 saturated carbocycles. The number of rotatable bonds is 2. The number of nitrogens with one attached hydrogen (secondary N) is 1. The van der Waals surface area contributed by atoms with Crippen molar-refractivity contribution in [3.05, 3.63) is 65.6 Å². The number of fused-ring (bicyclic) bond motifs is 2. The van der Waals surface area contributed by atoms with Gasteiger partial charge in [-0.15, -0.1) is 0 Å². The minimum Gasteiger partial charge on any atom is -0.356 e. The first-order chi connectivity index (χ1) is 12.3. The first-order valence-electron chi connectivity index (χ1n) is 8.21. The van der Waals surface area contributed by atoms with Gasteiger partial charge in [0.05, 0.1) is 17.6 Å². The van der Waals surface area contributed by atoms with Crippen LogP contribution in [0.25, 0.3) is 22.4 Å². The molecule has 5 nitrogen and oxygen atoms in total. The number of hydrogen-bond acceptors (Lipinski definition) is 4. The third-order valence-electron chi connectivity index (χ3n) is 4.62. The van der Waals surface area contributed by atoms with Crippen LogP contribution in [0.4, 0.5) is 10.3 Å². The number of H-pyrrole nitrogens is 1. The van der Waals surface area contributed by atoms with Gasteiger partial charge in [0.15, 0.2) is 5.76 Å². The summed E-state index contributed by atoms with van der Waals surface area (Å²) in [6, 6.07) is 14.3. The molecule has 2 aromatic carbocycles. The average molecular weight is 334 g/mol. The van der Waals surface area contributed by atoms with Crippen LogP contribution in [-0.4, -0.2) is 21.7 Å². The van der Waals surface area contributed by atoms with Gasteiger partial charge in [-0.05, 0) is 42.8 Å². The molecule has 0 bridgehead atoms. The fourth-order valence-electron chi connectivity index (χ4n) is 3.33. The Morgan fingerprint density at radius 3 is 2.76 bits per heavy atom. The number of para-hydroxylation sites is 2. The lowest BCUT2D eigenvalue weighted by Crippen LogP contribution is -2.31. The maximum Gasteiger partial charge on any atom is 0.204 e. The van der Waals surface area contributed by atoms with E-state index in [1.807, 2.05) is 24.3 Å². The predicted octanol–water partition coefficient (Wildman–Crippen LogP) is 3.92. The predicted molar refractivity (Wildman–Crippen MR) is 92.7 cm³/mol. The van der Waals surface area contributed by atoms with Crippen LogP contribution in [0.5, 0.6) is 0 Å². The molecule has 0 fully saturated rings. The summed E-state index contributed by atoms with van der Waals surface area (Å²) in [4.78, 5) is 10.2. The van der Waals surface area contributed by atoms with E-state index in [-0.39, 0.29) is 5.82 Å². The molecule has 3 heterocycles. The zero-order valence-corrected chi connectivity index (χ0v) is 13.4. The molecule has 4 aromatic rings. The Morgan fingerprint density at radius 2 is 1.92 bits per heavy atom. The van der Waals surface area contributed by atoms with Crippen LogP contribution < -0.4 is 4.90 Å². The Bertz CT molecular complexity index is 1020. The van der Waals surface area contributed by atoms with Crippen molar-refractivity contribution < 1.29 is 8.91 Å². The van der Waals surface area contributed by atoms with Gasteiger partial charge in [-0.25, -0.2) is 9.37 Å². The van der Waals surface area contributed by atoms with Crippen molar-refractivity contribution in [2.45, 2.75) is 13.0 Å². The molecule has 124 valence electrons. The van der Waals surface area contributed by atoms with Crippen molar-refractivity contribution in [3.8, 4) is 11.3 Å². The molecule has 0 saturated heterocycles. The second kappa shape index (κ2) is 5.44. The Kier molecular flexibility index (Phi) is 3.09. The highest BCUT2D eigenvalue weighted by atomic mass is 19.1. The largest absolute Gasteiger partial charge is 0.356 e. The van der Waals surface area contributed by atoms with Crippen LogP contribution in [0, 0.1) is 5.82 Å². The highest BCUT2D eigenvalue weighted by Gasteiger charge is 2.26. The van der Waals surface area contributed by atoms with Gasteiger partial charge in [0.2, 0.25) is 5.95 Å². The highest BCUT2D eigenvalue weighted by Crippen LogP contribution is 2.31. The summed E-state index contributed by atoms with van der Waals surface area (Å²) in [6.45, 7) is 1.46. The smallest absolute Gasteiger partial charge is 0.204 e. The summed E-state index contributed by atoms with van der Waals surface area (Å²) in [5.41, 5.74) is 4.84. The van der Waals surface area contributed by atoms with Gasteiger partial charge in [0.1, 0.15) is 11.5 Å². The molecule has 1 N–H and O–H groups in total. The van der Waals surface area contributed by atoms with Crippen molar-refractivity contribution in [1.82, 2.24) is 15.1 Å². The van der Waals surface area contributed by atoms with Crippen LogP contribution in [-0.2, 0) is 13.0 Å². The molecule has 0 atom stereocenters. The number of halogens is 1. The lowest BCUT2D eigenvalue weighted by Gasteiger charge is -2.25. The number of nitrogens with zero attached hydrogens (tertiary/aromatic N) is 3. The molecular weight excluding hydrogens is 319 g/mol. The van der Waals surface area contributed by atoms with Crippen molar-refractivity contribution in [1.29, 1.82) is 0 Å². The molecule has 25 heavy (non-hydrogen) atoms. The van der Waals surface area contributed by atoms with Gasteiger partial charge in [-0.1, -0.05) is 17.3 Å². The van der Waals surface area contributed by atoms with Gasteiger partial charge < -0.3 is 14.4 Å². The van der Waals surface area contributed by atoms with E-state index >= 15 is 0 Å². The molecule has 1 aliphatic rings. The fourth-order valence-corrected chi connectivity index (χ4v) is 3.33. The molecule has 0 amide bonds.